The zero-order valence-corrected chi connectivity index (χ0v) is 18.2. The standard InChI is InChI=1S/C15H14Br2FN3O3S2/c1-21-12(15(22)19-8-2-3-10(18)9(16)6-8)7-11(20-26(21,23)24)13-4-5-14(17)25-13/h2-6,11-12,20H,7H2,1H3,(H,19,22)/t11-,12+/m0/s1. The van der Waals surface area contributed by atoms with Gasteiger partial charge >= 0.3 is 0 Å². The molecule has 0 bridgehead atoms. The summed E-state index contributed by atoms with van der Waals surface area (Å²) >= 11 is 7.82. The lowest BCUT2D eigenvalue weighted by atomic mass is 10.1. The lowest BCUT2D eigenvalue weighted by molar-refractivity contribution is -0.120. The molecule has 2 N–H and O–H groups in total. The Labute approximate surface area is 171 Å². The number of amides is 1. The van der Waals surface area contributed by atoms with E-state index < -0.39 is 34.0 Å². The van der Waals surface area contributed by atoms with Gasteiger partial charge < -0.3 is 5.32 Å². The topological polar surface area (TPSA) is 78.5 Å². The molecule has 1 aliphatic rings. The number of nitrogens with zero attached hydrogens (tertiary/aromatic N) is 1. The van der Waals surface area contributed by atoms with Crippen LogP contribution in [0.1, 0.15) is 17.3 Å². The first-order chi connectivity index (χ1) is 12.2. The van der Waals surface area contributed by atoms with Gasteiger partial charge in [-0.15, -0.1) is 11.3 Å². The van der Waals surface area contributed by atoms with Crippen LogP contribution < -0.4 is 10.0 Å². The van der Waals surface area contributed by atoms with Crippen molar-refractivity contribution in [2.45, 2.75) is 18.5 Å². The normalized spacial score (nSPS) is 22.9. The van der Waals surface area contributed by atoms with E-state index in [2.05, 4.69) is 41.9 Å². The number of likely N-dealkylation sites (N-methyl/N-ethyl adjacent to an activating group) is 1. The summed E-state index contributed by atoms with van der Waals surface area (Å²) in [7, 11) is -2.45. The Morgan fingerprint density at radius 3 is 2.69 bits per heavy atom. The molecule has 1 aliphatic heterocycles. The van der Waals surface area contributed by atoms with Crippen LogP contribution in [0, 0.1) is 5.82 Å². The van der Waals surface area contributed by atoms with Gasteiger partial charge in [0.05, 0.1) is 14.3 Å². The van der Waals surface area contributed by atoms with Crippen LogP contribution in [-0.4, -0.2) is 31.7 Å². The van der Waals surface area contributed by atoms with Crippen LogP contribution in [0.25, 0.3) is 0 Å². The van der Waals surface area contributed by atoms with Crippen LogP contribution in [0.5, 0.6) is 0 Å². The first kappa shape index (κ1) is 19.9. The molecule has 0 radical (unpaired) electrons. The molecule has 11 heteroatoms. The van der Waals surface area contributed by atoms with Crippen molar-refractivity contribution < 1.29 is 17.6 Å². The van der Waals surface area contributed by atoms with Crippen LogP contribution in [0.3, 0.4) is 0 Å². The van der Waals surface area contributed by atoms with Gasteiger partial charge in [-0.3, -0.25) is 4.79 Å². The Bertz CT molecular complexity index is 951. The second-order valence-electron chi connectivity index (χ2n) is 5.70. The van der Waals surface area contributed by atoms with Crippen molar-refractivity contribution in [3.05, 3.63) is 49.3 Å². The fraction of sp³-hybridized carbons (Fsp3) is 0.267. The maximum atomic E-state index is 13.3. The number of halogens is 3. The third-order valence-electron chi connectivity index (χ3n) is 4.00. The van der Waals surface area contributed by atoms with E-state index in [-0.39, 0.29) is 10.9 Å². The van der Waals surface area contributed by atoms with Gasteiger partial charge in [-0.1, -0.05) is 0 Å². The van der Waals surface area contributed by atoms with Crippen LogP contribution in [0.15, 0.2) is 38.6 Å². The largest absolute Gasteiger partial charge is 0.325 e. The summed E-state index contributed by atoms with van der Waals surface area (Å²) in [4.78, 5) is 13.5. The van der Waals surface area contributed by atoms with Crippen LogP contribution in [0.4, 0.5) is 10.1 Å². The lowest BCUT2D eigenvalue weighted by Crippen LogP contribution is -2.55. The molecule has 26 heavy (non-hydrogen) atoms. The molecule has 2 aromatic rings. The number of hydrogen-bond acceptors (Lipinski definition) is 4. The molecule has 1 amide bonds. The minimum atomic E-state index is -3.81. The molecule has 140 valence electrons. The van der Waals surface area contributed by atoms with Gasteiger partial charge in [0.25, 0.3) is 10.2 Å². The van der Waals surface area contributed by atoms with E-state index >= 15 is 0 Å². The van der Waals surface area contributed by atoms with Crippen LogP contribution >= 0.6 is 43.2 Å². The highest BCUT2D eigenvalue weighted by Crippen LogP contribution is 2.34. The molecule has 1 aromatic carbocycles. The van der Waals surface area contributed by atoms with Gasteiger partial charge in [0, 0.05) is 17.6 Å². The average Bonchev–Trinajstić information content (AvgIpc) is 2.99. The number of hydrogen-bond donors (Lipinski definition) is 2. The number of carbonyl (C=O) groups excluding carboxylic acids is 1. The number of anilines is 1. The van der Waals surface area contributed by atoms with E-state index in [1.807, 2.05) is 12.1 Å². The highest BCUT2D eigenvalue weighted by molar-refractivity contribution is 9.11. The molecule has 1 fully saturated rings. The summed E-state index contributed by atoms with van der Waals surface area (Å²) in [5.41, 5.74) is 0.378. The van der Waals surface area contributed by atoms with E-state index in [1.165, 1.54) is 36.6 Å². The van der Waals surface area contributed by atoms with Crippen molar-refractivity contribution in [3.8, 4) is 0 Å². The van der Waals surface area contributed by atoms with Gasteiger partial charge in [0.1, 0.15) is 11.9 Å². The molecule has 1 aromatic heterocycles. The third kappa shape index (κ3) is 4.18. The Morgan fingerprint density at radius 2 is 2.08 bits per heavy atom. The molecule has 0 spiro atoms. The number of benzene rings is 1. The fourth-order valence-corrected chi connectivity index (χ4v) is 5.82. The molecule has 2 heterocycles. The van der Waals surface area contributed by atoms with Crippen molar-refractivity contribution in [2.24, 2.45) is 0 Å². The maximum Gasteiger partial charge on any atom is 0.280 e. The molecular formula is C15H14Br2FN3O3S2. The monoisotopic (exact) mass is 525 g/mol. The fourth-order valence-electron chi connectivity index (χ4n) is 2.61. The van der Waals surface area contributed by atoms with Gasteiger partial charge in [-0.05, 0) is 68.6 Å². The van der Waals surface area contributed by atoms with Crippen molar-refractivity contribution in [1.29, 1.82) is 0 Å². The van der Waals surface area contributed by atoms with Crippen LogP contribution in [-0.2, 0) is 15.0 Å². The van der Waals surface area contributed by atoms with E-state index in [4.69, 9.17) is 0 Å². The quantitative estimate of drug-likeness (QED) is 0.641. The van der Waals surface area contributed by atoms with E-state index in [0.717, 1.165) is 13.0 Å². The van der Waals surface area contributed by atoms with Crippen molar-refractivity contribution in [1.82, 2.24) is 9.03 Å². The van der Waals surface area contributed by atoms with E-state index in [9.17, 15) is 17.6 Å². The number of nitrogens with one attached hydrogen (secondary N) is 2. The summed E-state index contributed by atoms with van der Waals surface area (Å²) in [6, 6.07) is 6.32. The third-order valence-corrected chi connectivity index (χ3v) is 7.94. The summed E-state index contributed by atoms with van der Waals surface area (Å²) in [5, 5.41) is 2.65. The Kier molecular flexibility index (Phi) is 5.85. The number of thiophene rings is 1. The summed E-state index contributed by atoms with van der Waals surface area (Å²) < 4.78 is 42.8. The van der Waals surface area contributed by atoms with Crippen molar-refractivity contribution >= 4 is 65.0 Å². The Hall–Kier alpha value is -0.850. The van der Waals surface area contributed by atoms with Gasteiger partial charge in [0.2, 0.25) is 5.91 Å². The first-order valence-electron chi connectivity index (χ1n) is 7.44. The maximum absolute atomic E-state index is 13.3. The summed E-state index contributed by atoms with van der Waals surface area (Å²) in [5.74, 6) is -0.926. The van der Waals surface area contributed by atoms with Crippen LogP contribution in [0.2, 0.25) is 0 Å². The zero-order chi connectivity index (χ0) is 19.1. The average molecular weight is 527 g/mol. The Morgan fingerprint density at radius 1 is 1.35 bits per heavy atom. The summed E-state index contributed by atoms with van der Waals surface area (Å²) in [6.45, 7) is 0. The van der Waals surface area contributed by atoms with Crippen molar-refractivity contribution in [3.63, 3.8) is 0 Å². The lowest BCUT2D eigenvalue weighted by Gasteiger charge is -2.35. The predicted molar refractivity (Wildman–Crippen MR) is 106 cm³/mol. The first-order valence-corrected chi connectivity index (χ1v) is 11.3. The molecule has 3 rings (SSSR count). The molecule has 0 saturated carbocycles. The van der Waals surface area contributed by atoms with Gasteiger partial charge in [-0.2, -0.15) is 17.4 Å². The predicted octanol–water partition coefficient (Wildman–Crippen LogP) is 3.63. The minimum absolute atomic E-state index is 0.211. The minimum Gasteiger partial charge on any atom is -0.325 e. The zero-order valence-electron chi connectivity index (χ0n) is 13.4. The molecule has 1 saturated heterocycles. The van der Waals surface area contributed by atoms with E-state index in [0.29, 0.717) is 5.69 Å². The number of rotatable bonds is 3. The van der Waals surface area contributed by atoms with Gasteiger partial charge in [-0.25, -0.2) is 4.39 Å². The second-order valence-corrected chi connectivity index (χ2v) is 10.8. The molecule has 2 atom stereocenters. The SMILES string of the molecule is CN1[C@@H](C(=O)Nc2ccc(F)c(Br)c2)C[C@@H](c2ccc(Br)s2)NS1(=O)=O. The molecule has 6 nitrogen and oxygen atoms in total. The highest BCUT2D eigenvalue weighted by atomic mass is 79.9. The number of carbonyl (C=O) groups is 1. The molecular weight excluding hydrogens is 513 g/mol. The highest BCUT2D eigenvalue weighted by Gasteiger charge is 2.41. The Balaban J connectivity index is 1.83. The van der Waals surface area contributed by atoms with Crippen molar-refractivity contribution in [2.75, 3.05) is 12.4 Å². The van der Waals surface area contributed by atoms with Gasteiger partial charge in [0.15, 0.2) is 0 Å². The smallest absolute Gasteiger partial charge is 0.280 e. The van der Waals surface area contributed by atoms with E-state index in [1.54, 1.807) is 0 Å². The molecule has 0 unspecified atom stereocenters. The molecule has 0 aliphatic carbocycles. The summed E-state index contributed by atoms with van der Waals surface area (Å²) in [6.07, 6.45) is 0.275. The second kappa shape index (κ2) is 7.64.